The first-order chi connectivity index (χ1) is 26.2. The molecule has 0 aliphatic carbocycles. The van der Waals surface area contributed by atoms with Crippen molar-refractivity contribution in [3.63, 3.8) is 0 Å². The van der Waals surface area contributed by atoms with Crippen LogP contribution in [0.25, 0.3) is 82.2 Å². The van der Waals surface area contributed by atoms with Crippen LogP contribution in [-0.4, -0.2) is 11.5 Å². The normalized spacial score (nSPS) is 12.3. The molecule has 248 valence electrons. The van der Waals surface area contributed by atoms with Crippen LogP contribution in [-0.2, 0) is 0 Å². The van der Waals surface area contributed by atoms with Crippen LogP contribution in [0.1, 0.15) is 16.7 Å². The number of hydrogen-bond acceptors (Lipinski definition) is 2. The van der Waals surface area contributed by atoms with Crippen molar-refractivity contribution < 1.29 is 4.42 Å². The number of nitrogens with one attached hydrogen (secondary N) is 1. The maximum atomic E-state index is 8.86. The second-order valence-electron chi connectivity index (χ2n) is 13.5. The van der Waals surface area contributed by atoms with E-state index in [0.29, 0.717) is 5.71 Å². The lowest BCUT2D eigenvalue weighted by Gasteiger charge is -2.15. The van der Waals surface area contributed by atoms with E-state index in [0.717, 1.165) is 44.0 Å². The largest absolute Gasteiger partial charge is 0.456 e. The molecule has 0 atom stereocenters. The van der Waals surface area contributed by atoms with Crippen molar-refractivity contribution in [1.29, 1.82) is 5.41 Å². The Balaban J connectivity index is 1.05. The molecule has 10 rings (SSSR count). The summed E-state index contributed by atoms with van der Waals surface area (Å²) in [6, 6.07) is 61.5. The highest BCUT2D eigenvalue weighted by molar-refractivity contribution is 6.21. The van der Waals surface area contributed by atoms with Crippen molar-refractivity contribution >= 4 is 82.7 Å². The van der Waals surface area contributed by atoms with E-state index in [9.17, 15) is 0 Å². The van der Waals surface area contributed by atoms with Crippen LogP contribution in [0.3, 0.4) is 0 Å². The number of aliphatic imine (C=N–C) groups is 1. The van der Waals surface area contributed by atoms with E-state index in [1.165, 1.54) is 48.8 Å². The SMILES string of the molecule is N=C(N=C(/C=C/c1ccc2cc(-c3c4ccccc4cc4c3ccc3ccccc34)ccc2c1)c1ccc2oc3ccccc3c2c1)c1ccccc1. The Morgan fingerprint density at radius 1 is 0.453 bits per heavy atom. The number of fused-ring (bicyclic) bond motifs is 8. The Bertz CT molecular complexity index is 3130. The second-order valence-corrected chi connectivity index (χ2v) is 13.5. The molecule has 1 aromatic heterocycles. The molecule has 53 heavy (non-hydrogen) atoms. The van der Waals surface area contributed by atoms with Crippen molar-refractivity contribution in [3.05, 3.63) is 199 Å². The first-order valence-corrected chi connectivity index (χ1v) is 17.9. The number of rotatable bonds is 5. The monoisotopic (exact) mass is 676 g/mol. The molecular weight excluding hydrogens is 645 g/mol. The summed E-state index contributed by atoms with van der Waals surface area (Å²) in [6.07, 6.45) is 4.11. The minimum absolute atomic E-state index is 0.211. The molecule has 0 saturated heterocycles. The maximum Gasteiger partial charge on any atom is 0.152 e. The zero-order valence-electron chi connectivity index (χ0n) is 28.8. The first-order valence-electron chi connectivity index (χ1n) is 17.9. The molecule has 9 aromatic carbocycles. The van der Waals surface area contributed by atoms with Gasteiger partial charge < -0.3 is 4.42 Å². The summed E-state index contributed by atoms with van der Waals surface area (Å²) in [5, 5.41) is 20.8. The van der Waals surface area contributed by atoms with Crippen molar-refractivity contribution in [1.82, 2.24) is 0 Å². The highest BCUT2D eigenvalue weighted by Gasteiger charge is 2.14. The fourth-order valence-electron chi connectivity index (χ4n) is 7.69. The number of hydrogen-bond donors (Lipinski definition) is 1. The summed E-state index contributed by atoms with van der Waals surface area (Å²) in [7, 11) is 0. The van der Waals surface area contributed by atoms with E-state index in [-0.39, 0.29) is 5.84 Å². The van der Waals surface area contributed by atoms with E-state index in [4.69, 9.17) is 14.8 Å². The molecule has 1 N–H and O–H groups in total. The molecule has 0 amide bonds. The number of benzene rings is 9. The van der Waals surface area contributed by atoms with Crippen LogP contribution in [0.15, 0.2) is 191 Å². The topological polar surface area (TPSA) is 49.4 Å². The molecule has 3 nitrogen and oxygen atoms in total. The van der Waals surface area contributed by atoms with Crippen LogP contribution in [0.4, 0.5) is 0 Å². The standard InChI is InChI=1S/C50H32N2O/c51-50(34-11-2-1-3-12-34)52-46(38-24-27-48-45(31-38)42-16-8-9-17-47(42)53-48)26-19-32-18-20-36-29-39(22-21-35(36)28-32)49-41-15-7-5-13-37(41)30-44-40-14-6-4-10-33(40)23-25-43(44)49/h1-31,51H/b26-19+,51-50?,52-46?. The molecule has 0 aliphatic heterocycles. The van der Waals surface area contributed by atoms with Crippen molar-refractivity contribution in [2.45, 2.75) is 0 Å². The summed E-state index contributed by atoms with van der Waals surface area (Å²) in [6.45, 7) is 0. The molecule has 0 aliphatic rings. The number of para-hydroxylation sites is 1. The zero-order valence-corrected chi connectivity index (χ0v) is 28.8. The van der Waals surface area contributed by atoms with Gasteiger partial charge in [0.2, 0.25) is 0 Å². The van der Waals surface area contributed by atoms with E-state index in [1.54, 1.807) is 0 Å². The molecule has 10 aromatic rings. The molecule has 0 radical (unpaired) electrons. The van der Waals surface area contributed by atoms with Crippen molar-refractivity contribution in [3.8, 4) is 11.1 Å². The van der Waals surface area contributed by atoms with Gasteiger partial charge in [-0.15, -0.1) is 0 Å². The van der Waals surface area contributed by atoms with Gasteiger partial charge in [-0.2, -0.15) is 0 Å². The average molecular weight is 677 g/mol. The van der Waals surface area contributed by atoms with Crippen molar-refractivity contribution in [2.75, 3.05) is 0 Å². The summed E-state index contributed by atoms with van der Waals surface area (Å²) in [4.78, 5) is 4.86. The van der Waals surface area contributed by atoms with E-state index < -0.39 is 0 Å². The maximum absolute atomic E-state index is 8.86. The van der Waals surface area contributed by atoms with Crippen LogP contribution in [0.5, 0.6) is 0 Å². The van der Waals surface area contributed by atoms with Gasteiger partial charge in [-0.05, 0) is 108 Å². The van der Waals surface area contributed by atoms with Gasteiger partial charge in [-0.3, -0.25) is 5.41 Å². The first kappa shape index (κ1) is 30.7. The number of furan rings is 1. The molecule has 0 fully saturated rings. The lowest BCUT2D eigenvalue weighted by molar-refractivity contribution is 0.669. The quantitative estimate of drug-likeness (QED) is 0.0839. The van der Waals surface area contributed by atoms with Crippen LogP contribution < -0.4 is 0 Å². The Hall–Kier alpha value is -7.10. The fraction of sp³-hybridized carbons (Fsp3) is 0. The third-order valence-electron chi connectivity index (χ3n) is 10.3. The van der Waals surface area contributed by atoms with Crippen LogP contribution in [0.2, 0.25) is 0 Å². The Morgan fingerprint density at radius 3 is 2.04 bits per heavy atom. The highest BCUT2D eigenvalue weighted by atomic mass is 16.3. The number of amidine groups is 1. The Labute approximate surface area is 306 Å². The van der Waals surface area contributed by atoms with Crippen molar-refractivity contribution in [2.24, 2.45) is 4.99 Å². The predicted molar refractivity (Wildman–Crippen MR) is 224 cm³/mol. The summed E-state index contributed by atoms with van der Waals surface area (Å²) < 4.78 is 6.10. The third-order valence-corrected chi connectivity index (χ3v) is 10.3. The van der Waals surface area contributed by atoms with Crippen LogP contribution in [0, 0.1) is 5.41 Å². The predicted octanol–water partition coefficient (Wildman–Crippen LogP) is 13.4. The van der Waals surface area contributed by atoms with Gasteiger partial charge in [-0.25, -0.2) is 4.99 Å². The van der Waals surface area contributed by atoms with Gasteiger partial charge in [0.15, 0.2) is 5.84 Å². The number of nitrogens with zero attached hydrogens (tertiary/aromatic N) is 1. The second kappa shape index (κ2) is 12.6. The fourth-order valence-corrected chi connectivity index (χ4v) is 7.69. The van der Waals surface area contributed by atoms with E-state index in [1.807, 2.05) is 66.7 Å². The minimum atomic E-state index is 0.211. The molecule has 0 saturated carbocycles. The van der Waals surface area contributed by atoms with Gasteiger partial charge in [0.25, 0.3) is 0 Å². The molecule has 0 spiro atoms. The average Bonchev–Trinajstić information content (AvgIpc) is 3.59. The lowest BCUT2D eigenvalue weighted by atomic mass is 9.89. The molecular formula is C50H32N2O. The molecule has 1 heterocycles. The van der Waals surface area contributed by atoms with Crippen LogP contribution >= 0.6 is 0 Å². The summed E-state index contributed by atoms with van der Waals surface area (Å²) >= 11 is 0. The van der Waals surface area contributed by atoms with Gasteiger partial charge in [0.1, 0.15) is 11.2 Å². The molecule has 0 bridgehead atoms. The molecule has 3 heteroatoms. The molecule has 0 unspecified atom stereocenters. The Kier molecular flexibility index (Phi) is 7.29. The Morgan fingerprint density at radius 2 is 1.15 bits per heavy atom. The van der Waals surface area contributed by atoms with Gasteiger partial charge in [0, 0.05) is 21.9 Å². The van der Waals surface area contributed by atoms with E-state index in [2.05, 4.69) is 121 Å². The van der Waals surface area contributed by atoms with Gasteiger partial charge in [-0.1, -0.05) is 140 Å². The highest BCUT2D eigenvalue weighted by Crippen LogP contribution is 2.40. The summed E-state index contributed by atoms with van der Waals surface area (Å²) in [5.74, 6) is 0.211. The van der Waals surface area contributed by atoms with Gasteiger partial charge >= 0.3 is 0 Å². The third kappa shape index (κ3) is 5.47. The van der Waals surface area contributed by atoms with E-state index >= 15 is 0 Å². The lowest BCUT2D eigenvalue weighted by Crippen LogP contribution is -2.03. The number of allylic oxidation sites excluding steroid dienone is 1. The zero-order chi connectivity index (χ0) is 35.3. The summed E-state index contributed by atoms with van der Waals surface area (Å²) in [5.41, 5.74) is 7.59. The minimum Gasteiger partial charge on any atom is -0.456 e. The van der Waals surface area contributed by atoms with Gasteiger partial charge in [0.05, 0.1) is 5.71 Å². The smallest absolute Gasteiger partial charge is 0.152 e.